The van der Waals surface area contributed by atoms with Crippen molar-refractivity contribution in [1.29, 1.82) is 0 Å². The zero-order chi connectivity index (χ0) is 45.1. The van der Waals surface area contributed by atoms with Crippen LogP contribution < -0.4 is 0 Å². The molecule has 0 bridgehead atoms. The molecule has 318 valence electrons. The van der Waals surface area contributed by atoms with Crippen LogP contribution in [0.25, 0.3) is 109 Å². The van der Waals surface area contributed by atoms with Crippen LogP contribution in [0.2, 0.25) is 0 Å². The fourth-order valence-electron chi connectivity index (χ4n) is 14.1. The largest absolute Gasteiger partial charge is 0.0619 e. The van der Waals surface area contributed by atoms with Gasteiger partial charge >= 0.3 is 0 Å². The molecule has 0 aliphatic heterocycles. The molecule has 11 aromatic rings. The van der Waals surface area contributed by atoms with E-state index in [9.17, 15) is 0 Å². The second-order valence-electron chi connectivity index (χ2n) is 22.0. The van der Waals surface area contributed by atoms with E-state index in [2.05, 4.69) is 237 Å². The van der Waals surface area contributed by atoms with E-state index in [1.54, 1.807) is 0 Å². The Bertz CT molecular complexity index is 3840. The maximum Gasteiger partial charge on any atom is 0.0318 e. The Kier molecular flexibility index (Phi) is 7.93. The van der Waals surface area contributed by atoms with Gasteiger partial charge in [0.25, 0.3) is 0 Å². The molecule has 0 saturated carbocycles. The van der Waals surface area contributed by atoms with Crippen LogP contribution in [-0.2, 0) is 10.8 Å². The van der Waals surface area contributed by atoms with Crippen molar-refractivity contribution in [2.75, 3.05) is 0 Å². The summed E-state index contributed by atoms with van der Waals surface area (Å²) < 4.78 is 0. The minimum absolute atomic E-state index is 0.107. The number of benzene rings is 11. The highest BCUT2D eigenvalue weighted by Crippen LogP contribution is 2.68. The van der Waals surface area contributed by atoms with Crippen molar-refractivity contribution >= 4 is 64.6 Å². The summed E-state index contributed by atoms with van der Waals surface area (Å²) in [5, 5.41) is 15.7. The molecule has 0 amide bonds. The van der Waals surface area contributed by atoms with Gasteiger partial charge in [-0.15, -0.1) is 0 Å². The van der Waals surface area contributed by atoms with E-state index in [0.29, 0.717) is 0 Å². The van der Waals surface area contributed by atoms with Gasteiger partial charge in [-0.25, -0.2) is 0 Å². The zero-order valence-corrected chi connectivity index (χ0v) is 39.3. The summed E-state index contributed by atoms with van der Waals surface area (Å²) in [5.74, 6) is 0. The highest BCUT2D eigenvalue weighted by molar-refractivity contribution is 6.25. The Morgan fingerprint density at radius 2 is 0.773 bits per heavy atom. The molecule has 0 spiro atoms. The molecule has 0 heterocycles. The predicted molar refractivity (Wildman–Crippen MR) is 285 cm³/mol. The summed E-state index contributed by atoms with van der Waals surface area (Å²) in [5.41, 5.74) is 15.8. The van der Waals surface area contributed by atoms with Crippen LogP contribution in [0.1, 0.15) is 77.6 Å². The second-order valence-corrected chi connectivity index (χ2v) is 22.0. The zero-order valence-electron chi connectivity index (χ0n) is 39.3. The van der Waals surface area contributed by atoms with Gasteiger partial charge in [0.2, 0.25) is 0 Å². The van der Waals surface area contributed by atoms with Crippen LogP contribution in [0.15, 0.2) is 182 Å². The molecule has 0 heteroatoms. The van der Waals surface area contributed by atoms with Gasteiger partial charge < -0.3 is 0 Å². The summed E-state index contributed by atoms with van der Waals surface area (Å²) in [4.78, 5) is 0. The lowest BCUT2D eigenvalue weighted by molar-refractivity contribution is 0.0965. The summed E-state index contributed by atoms with van der Waals surface area (Å²) in [7, 11) is 0. The summed E-state index contributed by atoms with van der Waals surface area (Å²) in [6.45, 7) is 19.7. The van der Waals surface area contributed by atoms with Crippen LogP contribution in [0.5, 0.6) is 0 Å². The third-order valence-electron chi connectivity index (χ3n) is 16.3. The van der Waals surface area contributed by atoms with E-state index in [-0.39, 0.29) is 21.7 Å². The Hall–Kier alpha value is -7.02. The summed E-state index contributed by atoms with van der Waals surface area (Å²) in [6, 6.07) is 69.8. The molecule has 0 fully saturated rings. The van der Waals surface area contributed by atoms with Gasteiger partial charge in [0.15, 0.2) is 0 Å². The van der Waals surface area contributed by atoms with Gasteiger partial charge in [-0.1, -0.05) is 213 Å². The first kappa shape index (κ1) is 39.4. The average Bonchev–Trinajstić information content (AvgIpc) is 3.76. The van der Waals surface area contributed by atoms with Crippen LogP contribution >= 0.6 is 0 Å². The van der Waals surface area contributed by atoms with E-state index < -0.39 is 0 Å². The van der Waals surface area contributed by atoms with Gasteiger partial charge in [-0.05, 0) is 166 Å². The van der Waals surface area contributed by atoms with Gasteiger partial charge in [-0.2, -0.15) is 0 Å². The van der Waals surface area contributed by atoms with E-state index >= 15 is 0 Å². The lowest BCUT2D eigenvalue weighted by atomic mass is 9.49. The molecule has 0 nitrogen and oxygen atoms in total. The van der Waals surface area contributed by atoms with Crippen molar-refractivity contribution in [3.8, 4) is 44.5 Å². The van der Waals surface area contributed by atoms with Crippen molar-refractivity contribution < 1.29 is 0 Å². The van der Waals surface area contributed by atoms with Crippen molar-refractivity contribution in [3.05, 3.63) is 204 Å². The van der Waals surface area contributed by atoms with Crippen LogP contribution in [0, 0.1) is 10.8 Å². The average molecular weight is 847 g/mol. The third-order valence-corrected chi connectivity index (χ3v) is 16.3. The molecule has 11 aromatic carbocycles. The lowest BCUT2D eigenvalue weighted by Crippen LogP contribution is -2.50. The van der Waals surface area contributed by atoms with E-state index in [1.807, 2.05) is 0 Å². The van der Waals surface area contributed by atoms with E-state index in [4.69, 9.17) is 0 Å². The quantitative estimate of drug-likeness (QED) is 0.120. The Morgan fingerprint density at radius 3 is 1.36 bits per heavy atom. The number of fused-ring (bicyclic) bond motifs is 16. The highest BCUT2D eigenvalue weighted by atomic mass is 14.6. The second kappa shape index (κ2) is 13.3. The lowest BCUT2D eigenvalue weighted by Gasteiger charge is -2.53. The van der Waals surface area contributed by atoms with Gasteiger partial charge in [0, 0.05) is 10.8 Å². The first-order valence-electron chi connectivity index (χ1n) is 23.9. The molecule has 0 N–H and O–H groups in total. The van der Waals surface area contributed by atoms with Crippen LogP contribution in [0.3, 0.4) is 0 Å². The first-order chi connectivity index (χ1) is 31.8. The molecule has 0 aromatic heterocycles. The minimum Gasteiger partial charge on any atom is -0.0619 e. The monoisotopic (exact) mass is 846 g/mol. The summed E-state index contributed by atoms with van der Waals surface area (Å²) >= 11 is 0. The van der Waals surface area contributed by atoms with Crippen molar-refractivity contribution in [2.45, 2.75) is 66.2 Å². The molecule has 0 radical (unpaired) electrons. The first-order valence-corrected chi connectivity index (χ1v) is 23.9. The van der Waals surface area contributed by atoms with Gasteiger partial charge in [0.05, 0.1) is 0 Å². The maximum absolute atomic E-state index is 2.60. The predicted octanol–water partition coefficient (Wildman–Crippen LogP) is 18.6. The van der Waals surface area contributed by atoms with Crippen molar-refractivity contribution in [1.82, 2.24) is 0 Å². The van der Waals surface area contributed by atoms with Crippen LogP contribution in [-0.4, -0.2) is 0 Å². The highest BCUT2D eigenvalue weighted by Gasteiger charge is 2.58. The fraction of sp³-hybridized carbons (Fsp3) is 0.182. The van der Waals surface area contributed by atoms with Crippen molar-refractivity contribution in [3.63, 3.8) is 0 Å². The standard InChI is InChI=1S/C66H54/c1-63(2,3)66(64(4,5)6)56-37-41-35-40(34-33-39(41)36-54(56)61-46-25-13-9-21-42(46)43-22-11-18-30-51(43)62(61)66)58-47-26-14-16-28-49(47)59(50-29-17-15-27-48(50)58)53-38-57-60(45-24-12-10-23-44(45)53)52-31-19-20-32-55(52)65(57,7)8/h9-38H,1-8H3. The number of rotatable bonds is 2. The molecular formula is C66H54. The molecule has 2 aliphatic rings. The van der Waals surface area contributed by atoms with E-state index in [1.165, 1.54) is 131 Å². The smallest absolute Gasteiger partial charge is 0.0318 e. The molecule has 0 atom stereocenters. The molecule has 13 rings (SSSR count). The molecule has 0 saturated heterocycles. The third kappa shape index (κ3) is 4.95. The number of hydrogen-bond acceptors (Lipinski definition) is 0. The Balaban J connectivity index is 1.09. The molecule has 66 heavy (non-hydrogen) atoms. The SMILES string of the molecule is CC1(C)c2ccccc2-c2c1cc(-c1c3ccccc3c(-c3ccc4cc5c(cc4c3)C(C(C)(C)C)(C(C)(C)C)c3c-5c4ccccc4c4ccccc34)c3ccccc13)c1ccccc21. The maximum atomic E-state index is 2.60. The van der Waals surface area contributed by atoms with Gasteiger partial charge in [-0.3, -0.25) is 0 Å². The number of hydrogen-bond donors (Lipinski definition) is 0. The summed E-state index contributed by atoms with van der Waals surface area (Å²) in [6.07, 6.45) is 0. The molecule has 0 unspecified atom stereocenters. The van der Waals surface area contributed by atoms with Crippen LogP contribution in [0.4, 0.5) is 0 Å². The van der Waals surface area contributed by atoms with E-state index in [0.717, 1.165) is 0 Å². The fourth-order valence-corrected chi connectivity index (χ4v) is 14.1. The van der Waals surface area contributed by atoms with Crippen molar-refractivity contribution in [2.24, 2.45) is 10.8 Å². The Morgan fingerprint density at radius 1 is 0.303 bits per heavy atom. The minimum atomic E-state index is -0.284. The molecule has 2 aliphatic carbocycles. The topological polar surface area (TPSA) is 0 Å². The Labute approximate surface area is 388 Å². The normalized spacial score (nSPS) is 14.9. The van der Waals surface area contributed by atoms with Gasteiger partial charge in [0.1, 0.15) is 0 Å². The molecular weight excluding hydrogens is 793 g/mol.